The normalized spacial score (nSPS) is 16.2. The molecule has 1 amide bonds. The average molecular weight is 312 g/mol. The first-order chi connectivity index (χ1) is 10.2. The molecule has 1 aliphatic rings. The second-order valence-corrected chi connectivity index (χ2v) is 5.54. The lowest BCUT2D eigenvalue weighted by atomic mass is 9.93. The van der Waals surface area contributed by atoms with Gasteiger partial charge < -0.3 is 9.64 Å². The molecule has 116 valence electrons. The van der Waals surface area contributed by atoms with E-state index in [4.69, 9.17) is 16.3 Å². The first-order valence-electron chi connectivity index (χ1n) is 7.54. The van der Waals surface area contributed by atoms with Crippen molar-refractivity contribution in [2.24, 2.45) is 0 Å². The lowest BCUT2D eigenvalue weighted by molar-refractivity contribution is -0.132. The van der Waals surface area contributed by atoms with E-state index in [9.17, 15) is 4.79 Å². The van der Waals surface area contributed by atoms with Crippen LogP contribution in [0.4, 0.5) is 0 Å². The van der Waals surface area contributed by atoms with Gasteiger partial charge >= 0.3 is 0 Å². The molecule has 1 saturated heterocycles. The van der Waals surface area contributed by atoms with Crippen molar-refractivity contribution in [2.45, 2.75) is 38.5 Å². The number of hydrogen-bond acceptors (Lipinski definition) is 4. The van der Waals surface area contributed by atoms with E-state index in [0.29, 0.717) is 30.8 Å². The summed E-state index contributed by atoms with van der Waals surface area (Å²) in [6, 6.07) is 1.91. The van der Waals surface area contributed by atoms with Crippen LogP contribution in [0.1, 0.15) is 44.2 Å². The van der Waals surface area contributed by atoms with Crippen LogP contribution in [-0.4, -0.2) is 47.1 Å². The molecule has 2 rings (SSSR count). The van der Waals surface area contributed by atoms with E-state index in [1.54, 1.807) is 6.20 Å². The van der Waals surface area contributed by atoms with Crippen LogP contribution in [0.3, 0.4) is 0 Å². The highest BCUT2D eigenvalue weighted by molar-refractivity contribution is 6.28. The topological polar surface area (TPSA) is 55.3 Å². The minimum atomic E-state index is 0.230. The molecule has 5 nitrogen and oxygen atoms in total. The largest absolute Gasteiger partial charge is 0.382 e. The smallest absolute Gasteiger partial charge is 0.222 e. The first-order valence-corrected chi connectivity index (χ1v) is 7.92. The highest BCUT2D eigenvalue weighted by Crippen LogP contribution is 2.27. The predicted molar refractivity (Wildman–Crippen MR) is 81.3 cm³/mol. The fourth-order valence-electron chi connectivity index (χ4n) is 2.63. The van der Waals surface area contributed by atoms with Crippen LogP contribution in [0, 0.1) is 0 Å². The Balaban J connectivity index is 1.76. The van der Waals surface area contributed by atoms with Crippen molar-refractivity contribution < 1.29 is 9.53 Å². The molecule has 0 bridgehead atoms. The lowest BCUT2D eigenvalue weighted by Gasteiger charge is -2.31. The number of carbonyl (C=O) groups is 1. The highest BCUT2D eigenvalue weighted by atomic mass is 35.5. The number of halogens is 1. The molecule has 1 aliphatic heterocycles. The number of ether oxygens (including phenoxy) is 1. The van der Waals surface area contributed by atoms with Crippen LogP contribution in [0.15, 0.2) is 12.3 Å². The molecule has 0 radical (unpaired) electrons. The number of likely N-dealkylation sites (tertiary alicyclic amines) is 1. The van der Waals surface area contributed by atoms with Crippen LogP contribution in [0.25, 0.3) is 0 Å². The maximum absolute atomic E-state index is 12.1. The van der Waals surface area contributed by atoms with Crippen molar-refractivity contribution >= 4 is 17.5 Å². The molecule has 0 saturated carbocycles. The third-order valence-electron chi connectivity index (χ3n) is 3.80. The Labute approximate surface area is 130 Å². The Bertz CT molecular complexity index is 462. The van der Waals surface area contributed by atoms with E-state index < -0.39 is 0 Å². The molecule has 0 N–H and O–H groups in total. The van der Waals surface area contributed by atoms with Gasteiger partial charge in [-0.1, -0.05) is 0 Å². The van der Waals surface area contributed by atoms with Gasteiger partial charge in [-0.3, -0.25) is 4.79 Å². The summed E-state index contributed by atoms with van der Waals surface area (Å²) in [5, 5.41) is 0.293. The molecule has 1 fully saturated rings. The SMILES string of the molecule is CCOCCCC(=O)N1CCC(c2ccnc(Cl)n2)CC1. The van der Waals surface area contributed by atoms with Gasteiger partial charge in [-0.2, -0.15) is 0 Å². The zero-order valence-corrected chi connectivity index (χ0v) is 13.2. The molecule has 0 spiro atoms. The predicted octanol–water partition coefficient (Wildman–Crippen LogP) is 2.65. The van der Waals surface area contributed by atoms with Crippen molar-refractivity contribution in [1.29, 1.82) is 0 Å². The van der Waals surface area contributed by atoms with Crippen LogP contribution >= 0.6 is 11.6 Å². The zero-order chi connectivity index (χ0) is 15.1. The molecule has 0 aliphatic carbocycles. The second-order valence-electron chi connectivity index (χ2n) is 5.21. The lowest BCUT2D eigenvalue weighted by Crippen LogP contribution is -2.38. The van der Waals surface area contributed by atoms with Gasteiger partial charge in [0, 0.05) is 50.5 Å². The summed E-state index contributed by atoms with van der Waals surface area (Å²) >= 11 is 5.83. The molecule has 21 heavy (non-hydrogen) atoms. The first kappa shape index (κ1) is 16.2. The van der Waals surface area contributed by atoms with Crippen LogP contribution in [0.2, 0.25) is 5.28 Å². The summed E-state index contributed by atoms with van der Waals surface area (Å²) in [5.41, 5.74) is 0.985. The maximum Gasteiger partial charge on any atom is 0.222 e. The number of rotatable bonds is 6. The van der Waals surface area contributed by atoms with E-state index in [1.807, 2.05) is 17.9 Å². The van der Waals surface area contributed by atoms with E-state index in [2.05, 4.69) is 9.97 Å². The van der Waals surface area contributed by atoms with Gasteiger partial charge in [0.1, 0.15) is 0 Å². The van der Waals surface area contributed by atoms with Gasteiger partial charge in [-0.05, 0) is 43.9 Å². The molecule has 0 atom stereocenters. The van der Waals surface area contributed by atoms with Gasteiger partial charge in [-0.25, -0.2) is 9.97 Å². The average Bonchev–Trinajstić information content (AvgIpc) is 2.51. The Morgan fingerprint density at radius 1 is 1.48 bits per heavy atom. The minimum Gasteiger partial charge on any atom is -0.382 e. The number of hydrogen-bond donors (Lipinski definition) is 0. The van der Waals surface area contributed by atoms with E-state index in [0.717, 1.165) is 38.0 Å². The number of piperidine rings is 1. The van der Waals surface area contributed by atoms with Crippen LogP contribution in [0.5, 0.6) is 0 Å². The summed E-state index contributed by atoms with van der Waals surface area (Å²) in [4.78, 5) is 22.2. The van der Waals surface area contributed by atoms with Crippen molar-refractivity contribution in [1.82, 2.24) is 14.9 Å². The van der Waals surface area contributed by atoms with E-state index in [1.165, 1.54) is 0 Å². The standard InChI is InChI=1S/C15H22ClN3O2/c1-2-21-11-3-4-14(20)19-9-6-12(7-10-19)13-5-8-17-15(16)18-13/h5,8,12H,2-4,6-7,9-11H2,1H3. The zero-order valence-electron chi connectivity index (χ0n) is 12.4. The molecule has 1 aromatic rings. The van der Waals surface area contributed by atoms with Crippen LogP contribution in [-0.2, 0) is 9.53 Å². The molecular formula is C15H22ClN3O2. The quantitative estimate of drug-likeness (QED) is 0.598. The Hall–Kier alpha value is -1.20. The molecule has 1 aromatic heterocycles. The summed E-state index contributed by atoms with van der Waals surface area (Å²) in [6.07, 6.45) is 4.93. The third-order valence-corrected chi connectivity index (χ3v) is 3.98. The summed E-state index contributed by atoms with van der Waals surface area (Å²) in [7, 11) is 0. The van der Waals surface area contributed by atoms with Crippen molar-refractivity contribution in [3.8, 4) is 0 Å². The number of carbonyl (C=O) groups excluding carboxylic acids is 1. The van der Waals surface area contributed by atoms with Crippen LogP contribution < -0.4 is 0 Å². The van der Waals surface area contributed by atoms with Crippen molar-refractivity contribution in [2.75, 3.05) is 26.3 Å². The number of nitrogens with zero attached hydrogens (tertiary/aromatic N) is 3. The van der Waals surface area contributed by atoms with Crippen molar-refractivity contribution in [3.63, 3.8) is 0 Å². The van der Waals surface area contributed by atoms with Gasteiger partial charge in [0.05, 0.1) is 0 Å². The Kier molecular flexibility index (Phi) is 6.39. The number of amides is 1. The molecule has 0 unspecified atom stereocenters. The molecular weight excluding hydrogens is 290 g/mol. The molecule has 2 heterocycles. The van der Waals surface area contributed by atoms with E-state index >= 15 is 0 Å². The third kappa shape index (κ3) is 4.93. The van der Waals surface area contributed by atoms with Gasteiger partial charge in [-0.15, -0.1) is 0 Å². The van der Waals surface area contributed by atoms with Gasteiger partial charge in [0.15, 0.2) is 0 Å². The summed E-state index contributed by atoms with van der Waals surface area (Å²) in [6.45, 7) is 4.92. The fourth-order valence-corrected chi connectivity index (χ4v) is 2.78. The summed E-state index contributed by atoms with van der Waals surface area (Å²) < 4.78 is 5.26. The highest BCUT2D eigenvalue weighted by Gasteiger charge is 2.24. The fraction of sp³-hybridized carbons (Fsp3) is 0.667. The molecule has 0 aromatic carbocycles. The monoisotopic (exact) mass is 311 g/mol. The second kappa shape index (κ2) is 8.29. The van der Waals surface area contributed by atoms with Crippen molar-refractivity contribution in [3.05, 3.63) is 23.2 Å². The Morgan fingerprint density at radius 2 is 2.24 bits per heavy atom. The number of aromatic nitrogens is 2. The van der Waals surface area contributed by atoms with E-state index in [-0.39, 0.29) is 5.91 Å². The summed E-state index contributed by atoms with van der Waals surface area (Å²) in [5.74, 6) is 0.604. The van der Waals surface area contributed by atoms with Gasteiger partial charge in [0.25, 0.3) is 0 Å². The minimum absolute atomic E-state index is 0.230. The maximum atomic E-state index is 12.1. The Morgan fingerprint density at radius 3 is 2.90 bits per heavy atom. The van der Waals surface area contributed by atoms with Gasteiger partial charge in [0.2, 0.25) is 11.2 Å². The molecule has 6 heteroatoms.